The average molecular weight is 252 g/mol. The van der Waals surface area contributed by atoms with Crippen molar-refractivity contribution in [2.45, 2.75) is 32.7 Å². The summed E-state index contributed by atoms with van der Waals surface area (Å²) >= 11 is 0. The molecule has 2 rings (SSSR count). The molecule has 2 atom stereocenters. The zero-order valence-electron chi connectivity index (χ0n) is 10.2. The molecule has 0 spiro atoms. The minimum Gasteiger partial charge on any atom is -0.481 e. The number of nitrogens with zero attached hydrogens (tertiary/aromatic N) is 1. The molecule has 1 saturated carbocycles. The highest BCUT2D eigenvalue weighted by molar-refractivity contribution is 5.85. The summed E-state index contributed by atoms with van der Waals surface area (Å²) in [4.78, 5) is 22.9. The van der Waals surface area contributed by atoms with Crippen LogP contribution >= 0.6 is 0 Å². The fraction of sp³-hybridized carbons (Fsp3) is 0.583. The molecule has 0 aromatic carbocycles. The van der Waals surface area contributed by atoms with E-state index in [4.69, 9.17) is 9.63 Å². The molecule has 1 aliphatic rings. The maximum absolute atomic E-state index is 11.9. The molecular weight excluding hydrogens is 236 g/mol. The van der Waals surface area contributed by atoms with Gasteiger partial charge in [0, 0.05) is 6.07 Å². The summed E-state index contributed by atoms with van der Waals surface area (Å²) in [6.45, 7) is 2.05. The van der Waals surface area contributed by atoms with Crippen LogP contribution in [-0.2, 0) is 16.1 Å². The Balaban J connectivity index is 1.89. The Labute approximate surface area is 104 Å². The van der Waals surface area contributed by atoms with Gasteiger partial charge >= 0.3 is 5.97 Å². The fourth-order valence-corrected chi connectivity index (χ4v) is 2.38. The number of hydrogen-bond donors (Lipinski definition) is 2. The summed E-state index contributed by atoms with van der Waals surface area (Å²) in [6.07, 6.45) is 2.01. The first kappa shape index (κ1) is 12.6. The van der Waals surface area contributed by atoms with Crippen LogP contribution in [0, 0.1) is 18.8 Å². The topological polar surface area (TPSA) is 92.4 Å². The Morgan fingerprint density at radius 2 is 2.22 bits per heavy atom. The number of aryl methyl sites for hydroxylation is 1. The van der Waals surface area contributed by atoms with Crippen LogP contribution < -0.4 is 5.32 Å². The molecule has 1 aromatic heterocycles. The van der Waals surface area contributed by atoms with Crippen molar-refractivity contribution in [2.75, 3.05) is 0 Å². The second-order valence-corrected chi connectivity index (χ2v) is 4.63. The van der Waals surface area contributed by atoms with Crippen molar-refractivity contribution < 1.29 is 19.2 Å². The second-order valence-electron chi connectivity index (χ2n) is 4.63. The monoisotopic (exact) mass is 252 g/mol. The summed E-state index contributed by atoms with van der Waals surface area (Å²) in [5.74, 6) is -1.38. The molecule has 0 aliphatic heterocycles. The van der Waals surface area contributed by atoms with Gasteiger partial charge in [0.1, 0.15) is 11.5 Å². The summed E-state index contributed by atoms with van der Waals surface area (Å²) in [5.41, 5.74) is 0.644. The number of rotatable bonds is 4. The quantitative estimate of drug-likeness (QED) is 0.837. The number of nitrogens with one attached hydrogen (secondary N) is 1. The summed E-state index contributed by atoms with van der Waals surface area (Å²) in [5, 5.41) is 15.5. The molecule has 2 unspecified atom stereocenters. The first-order valence-corrected chi connectivity index (χ1v) is 6.00. The van der Waals surface area contributed by atoms with Gasteiger partial charge in [0.15, 0.2) is 0 Å². The number of aromatic nitrogens is 1. The lowest BCUT2D eigenvalue weighted by molar-refractivity contribution is -0.146. The molecular formula is C12H16N2O4. The van der Waals surface area contributed by atoms with Crippen LogP contribution in [0.1, 0.15) is 30.7 Å². The summed E-state index contributed by atoms with van der Waals surface area (Å²) < 4.78 is 4.89. The van der Waals surface area contributed by atoms with E-state index in [2.05, 4.69) is 10.5 Å². The number of carboxylic acid groups (broad SMARTS) is 1. The first-order valence-electron chi connectivity index (χ1n) is 6.00. The van der Waals surface area contributed by atoms with Crippen LogP contribution in [-0.4, -0.2) is 22.1 Å². The van der Waals surface area contributed by atoms with Gasteiger partial charge in [-0.15, -0.1) is 0 Å². The van der Waals surface area contributed by atoms with Crippen molar-refractivity contribution in [1.82, 2.24) is 10.5 Å². The standard InChI is InChI=1S/C12H16N2O4/c1-7-5-8(14-18-7)6-13-11(15)9-3-2-4-10(9)12(16)17/h5,9-10H,2-4,6H2,1H3,(H,13,15)(H,16,17). The molecule has 18 heavy (non-hydrogen) atoms. The molecule has 1 heterocycles. The van der Waals surface area contributed by atoms with Gasteiger partial charge in [-0.25, -0.2) is 0 Å². The minimum atomic E-state index is -0.884. The lowest BCUT2D eigenvalue weighted by Gasteiger charge is -2.14. The normalized spacial score (nSPS) is 22.9. The Morgan fingerprint density at radius 3 is 2.83 bits per heavy atom. The van der Waals surface area contributed by atoms with Crippen LogP contribution in [0.5, 0.6) is 0 Å². The van der Waals surface area contributed by atoms with E-state index < -0.39 is 17.8 Å². The molecule has 2 N–H and O–H groups in total. The maximum Gasteiger partial charge on any atom is 0.307 e. The van der Waals surface area contributed by atoms with Crippen LogP contribution in [0.15, 0.2) is 10.6 Å². The molecule has 1 fully saturated rings. The highest BCUT2D eigenvalue weighted by atomic mass is 16.5. The smallest absolute Gasteiger partial charge is 0.307 e. The third kappa shape index (κ3) is 2.69. The zero-order chi connectivity index (χ0) is 13.1. The average Bonchev–Trinajstić information content (AvgIpc) is 2.94. The Bertz CT molecular complexity index is 455. The van der Waals surface area contributed by atoms with Gasteiger partial charge in [0.05, 0.1) is 18.4 Å². The van der Waals surface area contributed by atoms with Crippen molar-refractivity contribution in [3.05, 3.63) is 17.5 Å². The summed E-state index contributed by atoms with van der Waals surface area (Å²) in [7, 11) is 0. The molecule has 1 amide bonds. The third-order valence-electron chi connectivity index (χ3n) is 3.29. The molecule has 0 saturated heterocycles. The van der Waals surface area contributed by atoms with Crippen molar-refractivity contribution in [1.29, 1.82) is 0 Å². The number of amides is 1. The highest BCUT2D eigenvalue weighted by Gasteiger charge is 2.37. The van der Waals surface area contributed by atoms with Gasteiger partial charge in [0.2, 0.25) is 5.91 Å². The van der Waals surface area contributed by atoms with Crippen LogP contribution in [0.2, 0.25) is 0 Å². The van der Waals surface area contributed by atoms with Crippen LogP contribution in [0.4, 0.5) is 0 Å². The van der Waals surface area contributed by atoms with Gasteiger partial charge in [0.25, 0.3) is 0 Å². The van der Waals surface area contributed by atoms with E-state index >= 15 is 0 Å². The van der Waals surface area contributed by atoms with Crippen molar-refractivity contribution in [3.8, 4) is 0 Å². The van der Waals surface area contributed by atoms with Gasteiger partial charge in [-0.05, 0) is 19.8 Å². The Kier molecular flexibility index (Phi) is 3.64. The second kappa shape index (κ2) is 5.20. The van der Waals surface area contributed by atoms with E-state index in [-0.39, 0.29) is 12.5 Å². The molecule has 0 radical (unpaired) electrons. The predicted molar refractivity (Wildman–Crippen MR) is 61.6 cm³/mol. The number of carboxylic acids is 1. The van der Waals surface area contributed by atoms with Gasteiger partial charge in [-0.2, -0.15) is 0 Å². The van der Waals surface area contributed by atoms with E-state index in [9.17, 15) is 9.59 Å². The Morgan fingerprint density at radius 1 is 1.50 bits per heavy atom. The SMILES string of the molecule is Cc1cc(CNC(=O)C2CCCC2C(=O)O)no1. The van der Waals surface area contributed by atoms with Crippen LogP contribution in [0.25, 0.3) is 0 Å². The molecule has 0 bridgehead atoms. The van der Waals surface area contributed by atoms with E-state index in [0.29, 0.717) is 24.3 Å². The van der Waals surface area contributed by atoms with Crippen molar-refractivity contribution in [2.24, 2.45) is 11.8 Å². The van der Waals surface area contributed by atoms with Gasteiger partial charge in [-0.3, -0.25) is 9.59 Å². The first-order chi connectivity index (χ1) is 8.58. The highest BCUT2D eigenvalue weighted by Crippen LogP contribution is 2.32. The molecule has 6 heteroatoms. The number of aliphatic carboxylic acids is 1. The van der Waals surface area contributed by atoms with Crippen LogP contribution in [0.3, 0.4) is 0 Å². The van der Waals surface area contributed by atoms with Crippen molar-refractivity contribution >= 4 is 11.9 Å². The summed E-state index contributed by atoms with van der Waals surface area (Å²) in [6, 6.07) is 1.74. The zero-order valence-corrected chi connectivity index (χ0v) is 10.2. The molecule has 6 nitrogen and oxygen atoms in total. The molecule has 1 aromatic rings. The Hall–Kier alpha value is -1.85. The predicted octanol–water partition coefficient (Wildman–Crippen LogP) is 1.10. The van der Waals surface area contributed by atoms with Gasteiger partial charge < -0.3 is 14.9 Å². The largest absolute Gasteiger partial charge is 0.481 e. The number of hydrogen-bond acceptors (Lipinski definition) is 4. The third-order valence-corrected chi connectivity index (χ3v) is 3.29. The number of carbonyl (C=O) groups excluding carboxylic acids is 1. The van der Waals surface area contributed by atoms with E-state index in [0.717, 1.165) is 6.42 Å². The maximum atomic E-state index is 11.9. The number of carbonyl (C=O) groups is 2. The molecule has 98 valence electrons. The van der Waals surface area contributed by atoms with Crippen molar-refractivity contribution in [3.63, 3.8) is 0 Å². The lowest BCUT2D eigenvalue weighted by Crippen LogP contribution is -2.34. The lowest BCUT2D eigenvalue weighted by atomic mass is 9.95. The van der Waals surface area contributed by atoms with E-state index in [1.165, 1.54) is 0 Å². The van der Waals surface area contributed by atoms with Gasteiger partial charge in [-0.1, -0.05) is 11.6 Å². The molecule has 1 aliphatic carbocycles. The minimum absolute atomic E-state index is 0.208. The van der Waals surface area contributed by atoms with E-state index in [1.54, 1.807) is 13.0 Å². The fourth-order valence-electron chi connectivity index (χ4n) is 2.38. The van der Waals surface area contributed by atoms with E-state index in [1.807, 2.05) is 0 Å².